The van der Waals surface area contributed by atoms with Crippen molar-refractivity contribution in [1.29, 1.82) is 0 Å². The van der Waals surface area contributed by atoms with E-state index >= 15 is 0 Å². The van der Waals surface area contributed by atoms with Gasteiger partial charge in [-0.1, -0.05) is 42.8 Å². The quantitative estimate of drug-likeness (QED) is 0.111. The molecule has 0 radical (unpaired) electrons. The molecule has 1 unspecified atom stereocenters. The number of aliphatic hydroxyl groups is 2. The van der Waals surface area contributed by atoms with Gasteiger partial charge >= 0.3 is 13.7 Å². The maximum atomic E-state index is 14.1. The van der Waals surface area contributed by atoms with E-state index in [-0.39, 0.29) is 34.1 Å². The zero-order chi connectivity index (χ0) is 30.8. The van der Waals surface area contributed by atoms with Crippen molar-refractivity contribution in [3.05, 3.63) is 54.1 Å². The van der Waals surface area contributed by atoms with E-state index in [4.69, 9.17) is 35.9 Å². The van der Waals surface area contributed by atoms with Crippen molar-refractivity contribution in [3.63, 3.8) is 0 Å². The number of rotatable bonds is 10. The van der Waals surface area contributed by atoms with Crippen molar-refractivity contribution < 1.29 is 38.1 Å². The van der Waals surface area contributed by atoms with Gasteiger partial charge in [0.2, 0.25) is 5.28 Å². The molecule has 6 rings (SSSR count). The Labute approximate surface area is 257 Å². The molecule has 14 nitrogen and oxygen atoms in total. The molecule has 2 aromatic heterocycles. The van der Waals surface area contributed by atoms with Crippen LogP contribution in [0.1, 0.15) is 38.3 Å². The summed E-state index contributed by atoms with van der Waals surface area (Å²) in [5.74, 6) is -0.278. The lowest BCUT2D eigenvalue weighted by Gasteiger charge is -2.24. The molecule has 0 amide bonds. The summed E-state index contributed by atoms with van der Waals surface area (Å²) in [4.78, 5) is 24.8. The summed E-state index contributed by atoms with van der Waals surface area (Å²) < 4.78 is 38.5. The second kappa shape index (κ2) is 12.9. The molecule has 44 heavy (non-hydrogen) atoms. The van der Waals surface area contributed by atoms with Crippen molar-refractivity contribution in [2.75, 3.05) is 18.9 Å². The Balaban J connectivity index is 1.20. The number of carbonyl (C=O) groups excluding carboxylic acids is 1. The predicted octanol–water partition coefficient (Wildman–Crippen LogP) is 3.50. The maximum Gasteiger partial charge on any atom is 0.459 e. The number of anilines is 1. The van der Waals surface area contributed by atoms with Gasteiger partial charge in [0.25, 0.3) is 0 Å². The van der Waals surface area contributed by atoms with Gasteiger partial charge in [0.1, 0.15) is 43.0 Å². The lowest BCUT2D eigenvalue weighted by atomic mass is 9.98. The maximum absolute atomic E-state index is 14.1. The predicted molar refractivity (Wildman–Crippen MR) is 160 cm³/mol. The lowest BCUT2D eigenvalue weighted by molar-refractivity contribution is -0.149. The summed E-state index contributed by atoms with van der Waals surface area (Å²) in [5, 5.41) is 25.7. The minimum Gasteiger partial charge on any atom is -0.461 e. The van der Waals surface area contributed by atoms with E-state index in [1.807, 2.05) is 24.3 Å². The smallest absolute Gasteiger partial charge is 0.459 e. The number of fused-ring (bicyclic) bond motifs is 2. The summed E-state index contributed by atoms with van der Waals surface area (Å²) in [6, 6.07) is 12.6. The molecule has 2 fully saturated rings. The van der Waals surface area contributed by atoms with Gasteiger partial charge in [0, 0.05) is 5.39 Å². The SMILES string of the molecule is Nc1ncnc2c1nc(Cl)n2[C@@H]1O[C@H](COP(=O)(NCC(=O)OC2CCCCC2)Oc2cccc3ccccc23)[C@H](O)[C@@H]1O. The highest BCUT2D eigenvalue weighted by Gasteiger charge is 2.46. The molecular formula is C28H32ClN6O8P. The molecule has 0 bridgehead atoms. The fourth-order valence-electron chi connectivity index (χ4n) is 5.46. The number of hydrogen-bond donors (Lipinski definition) is 4. The Bertz CT molecular complexity index is 1700. The minimum absolute atomic E-state index is 0.0724. The van der Waals surface area contributed by atoms with Crippen LogP contribution >= 0.6 is 19.3 Å². The van der Waals surface area contributed by atoms with Gasteiger partial charge in [-0.05, 0) is 48.7 Å². The molecule has 2 aliphatic rings. The third kappa shape index (κ3) is 6.38. The molecule has 0 spiro atoms. The number of hydrogen-bond acceptors (Lipinski definition) is 12. The number of carbonyl (C=O) groups is 1. The average Bonchev–Trinajstić information content (AvgIpc) is 3.51. The highest BCUT2D eigenvalue weighted by molar-refractivity contribution is 7.52. The molecular weight excluding hydrogens is 615 g/mol. The van der Waals surface area contributed by atoms with E-state index < -0.39 is 51.4 Å². The van der Waals surface area contributed by atoms with Crippen molar-refractivity contribution in [2.45, 2.75) is 62.7 Å². The molecule has 16 heteroatoms. The standard InChI is InChI=1S/C28H32ClN6O8P/c29-28-34-22-25(30)31-15-32-26(22)35(28)27-24(38)23(37)20(42-27)14-40-44(39,33-13-21(36)41-17-9-2-1-3-10-17)43-19-12-6-8-16-7-4-5-11-18(16)19/h4-8,11-12,15,17,20,23-24,27,37-38H,1-3,9-10,13-14H2,(H,33,39)(H2,30,31,32)/t20-,23+,24+,27-,44?/m1/s1. The third-order valence-electron chi connectivity index (χ3n) is 7.70. The van der Waals surface area contributed by atoms with E-state index in [0.29, 0.717) is 5.39 Å². The molecule has 5 N–H and O–H groups in total. The summed E-state index contributed by atoms with van der Waals surface area (Å²) in [6.07, 6.45) is 0.225. The van der Waals surface area contributed by atoms with E-state index in [9.17, 15) is 19.6 Å². The van der Waals surface area contributed by atoms with Crippen molar-refractivity contribution in [2.24, 2.45) is 0 Å². The van der Waals surface area contributed by atoms with Crippen molar-refractivity contribution in [3.8, 4) is 5.75 Å². The van der Waals surface area contributed by atoms with Gasteiger partial charge in [-0.25, -0.2) is 24.6 Å². The topological polar surface area (TPSA) is 193 Å². The van der Waals surface area contributed by atoms with Gasteiger partial charge in [-0.2, -0.15) is 0 Å². The number of imidazole rings is 1. The Morgan fingerprint density at radius 1 is 1.11 bits per heavy atom. The van der Waals surface area contributed by atoms with Crippen LogP contribution in [0.2, 0.25) is 5.28 Å². The number of esters is 1. The first-order valence-corrected chi connectivity index (χ1v) is 16.2. The number of aliphatic hydroxyl groups excluding tert-OH is 2. The largest absolute Gasteiger partial charge is 0.461 e. The summed E-state index contributed by atoms with van der Waals surface area (Å²) >= 11 is 6.31. The van der Waals surface area contributed by atoms with E-state index in [1.54, 1.807) is 18.2 Å². The zero-order valence-corrected chi connectivity index (χ0v) is 25.1. The van der Waals surface area contributed by atoms with Crippen LogP contribution in [0.4, 0.5) is 5.82 Å². The second-order valence-electron chi connectivity index (χ2n) is 10.7. The number of ether oxygens (including phenoxy) is 2. The highest BCUT2D eigenvalue weighted by atomic mass is 35.5. The Hall–Kier alpha value is -3.36. The third-order valence-corrected chi connectivity index (χ3v) is 9.44. The Kier molecular flexibility index (Phi) is 9.01. The molecule has 3 heterocycles. The fraction of sp³-hybridized carbons (Fsp3) is 0.429. The molecule has 1 saturated heterocycles. The Morgan fingerprint density at radius 3 is 2.70 bits per heavy atom. The van der Waals surface area contributed by atoms with E-state index in [0.717, 1.165) is 37.5 Å². The minimum atomic E-state index is -4.29. The lowest BCUT2D eigenvalue weighted by Crippen LogP contribution is -2.35. The van der Waals surface area contributed by atoms with Gasteiger partial charge < -0.3 is 29.9 Å². The second-order valence-corrected chi connectivity index (χ2v) is 12.8. The molecule has 4 aromatic rings. The van der Waals surface area contributed by atoms with Crippen LogP contribution in [0.15, 0.2) is 48.8 Å². The van der Waals surface area contributed by atoms with Crippen LogP contribution in [0, 0.1) is 0 Å². The number of nitrogens with zero attached hydrogens (tertiary/aromatic N) is 4. The van der Waals surface area contributed by atoms with Gasteiger partial charge in [-0.15, -0.1) is 0 Å². The van der Waals surface area contributed by atoms with Crippen molar-refractivity contribution in [1.82, 2.24) is 24.6 Å². The normalized spacial score (nSPS) is 24.0. The number of benzene rings is 2. The van der Waals surface area contributed by atoms with Gasteiger partial charge in [0.15, 0.2) is 23.2 Å². The Morgan fingerprint density at radius 2 is 1.89 bits per heavy atom. The van der Waals surface area contributed by atoms with Crippen LogP contribution in [-0.4, -0.2) is 73.3 Å². The van der Waals surface area contributed by atoms with Crippen LogP contribution in [0.5, 0.6) is 5.75 Å². The van der Waals surface area contributed by atoms with E-state index in [2.05, 4.69) is 20.0 Å². The molecule has 1 aliphatic carbocycles. The molecule has 5 atom stereocenters. The monoisotopic (exact) mass is 646 g/mol. The van der Waals surface area contributed by atoms with Crippen LogP contribution in [-0.2, 0) is 23.4 Å². The number of nitrogens with two attached hydrogens (primary N) is 1. The zero-order valence-electron chi connectivity index (χ0n) is 23.5. The number of aromatic nitrogens is 4. The number of halogens is 1. The van der Waals surface area contributed by atoms with Gasteiger partial charge in [0.05, 0.1) is 6.61 Å². The summed E-state index contributed by atoms with van der Waals surface area (Å²) in [5.41, 5.74) is 6.26. The first-order chi connectivity index (χ1) is 21.2. The van der Waals surface area contributed by atoms with Crippen LogP contribution in [0.25, 0.3) is 21.9 Å². The highest BCUT2D eigenvalue weighted by Crippen LogP contribution is 2.47. The van der Waals surface area contributed by atoms with Crippen LogP contribution in [0.3, 0.4) is 0 Å². The average molecular weight is 647 g/mol. The molecule has 2 aromatic carbocycles. The summed E-state index contributed by atoms with van der Waals surface area (Å²) in [6.45, 7) is -0.946. The van der Waals surface area contributed by atoms with Crippen molar-refractivity contribution >= 4 is 53.1 Å². The molecule has 1 saturated carbocycles. The van der Waals surface area contributed by atoms with Gasteiger partial charge in [-0.3, -0.25) is 13.9 Å². The van der Waals surface area contributed by atoms with E-state index in [1.165, 1.54) is 10.9 Å². The first kappa shape index (κ1) is 30.7. The molecule has 1 aliphatic heterocycles. The summed E-state index contributed by atoms with van der Waals surface area (Å²) in [7, 11) is -4.29. The fourth-order valence-corrected chi connectivity index (χ4v) is 7.01. The number of nitrogens with one attached hydrogen (secondary N) is 1. The van der Waals surface area contributed by atoms with Crippen LogP contribution < -0.4 is 15.3 Å². The first-order valence-electron chi connectivity index (χ1n) is 14.2. The number of nitrogen functional groups attached to an aromatic ring is 1. The molecule has 234 valence electrons.